The van der Waals surface area contributed by atoms with E-state index in [2.05, 4.69) is 33.0 Å². The van der Waals surface area contributed by atoms with Crippen LogP contribution in [0.4, 0.5) is 0 Å². The fourth-order valence-electron chi connectivity index (χ4n) is 2.06. The lowest BCUT2D eigenvalue weighted by Crippen LogP contribution is -2.45. The van der Waals surface area contributed by atoms with Crippen molar-refractivity contribution in [2.75, 3.05) is 26.2 Å². The van der Waals surface area contributed by atoms with E-state index in [4.69, 9.17) is 4.74 Å². The van der Waals surface area contributed by atoms with Crippen LogP contribution in [0.2, 0.25) is 0 Å². The molecule has 0 bridgehead atoms. The van der Waals surface area contributed by atoms with Gasteiger partial charge in [0.05, 0.1) is 19.1 Å². The van der Waals surface area contributed by atoms with Crippen molar-refractivity contribution in [3.05, 3.63) is 0 Å². The van der Waals surface area contributed by atoms with Crippen molar-refractivity contribution in [1.29, 1.82) is 0 Å². The van der Waals surface area contributed by atoms with Gasteiger partial charge in [-0.25, -0.2) is 0 Å². The normalized spacial score (nSPS) is 20.9. The average Bonchev–Trinajstić information content (AvgIpc) is 2.26. The summed E-state index contributed by atoms with van der Waals surface area (Å²) in [5.74, 6) is 0.717. The number of rotatable bonds is 5. The van der Waals surface area contributed by atoms with Gasteiger partial charge in [0.1, 0.15) is 0 Å². The molecular weight excluding hydrogens is 216 g/mol. The quantitative estimate of drug-likeness (QED) is 0.789. The van der Waals surface area contributed by atoms with Crippen LogP contribution >= 0.6 is 0 Å². The number of nitrogens with zero attached hydrogens (tertiary/aromatic N) is 1. The lowest BCUT2D eigenvalue weighted by atomic mass is 10.1. The minimum Gasteiger partial charge on any atom is -0.375 e. The van der Waals surface area contributed by atoms with Crippen LogP contribution in [0.15, 0.2) is 0 Å². The van der Waals surface area contributed by atoms with Gasteiger partial charge in [0.15, 0.2) is 0 Å². The summed E-state index contributed by atoms with van der Waals surface area (Å²) in [5, 5.41) is 3.25. The van der Waals surface area contributed by atoms with Crippen LogP contribution in [0.5, 0.6) is 0 Å². The molecule has 4 heteroatoms. The Bertz CT molecular complexity index is 236. The number of hydrogen-bond donors (Lipinski definition) is 1. The molecule has 1 unspecified atom stereocenters. The summed E-state index contributed by atoms with van der Waals surface area (Å²) in [5.41, 5.74) is 0. The Labute approximate surface area is 105 Å². The molecule has 1 aliphatic heterocycles. The highest BCUT2D eigenvalue weighted by Crippen LogP contribution is 2.10. The Morgan fingerprint density at radius 3 is 2.59 bits per heavy atom. The first-order chi connectivity index (χ1) is 8.00. The van der Waals surface area contributed by atoms with Gasteiger partial charge in [-0.1, -0.05) is 13.8 Å². The summed E-state index contributed by atoms with van der Waals surface area (Å²) >= 11 is 0. The maximum Gasteiger partial charge on any atom is 0.225 e. The molecule has 1 N–H and O–H groups in total. The second kappa shape index (κ2) is 6.97. The minimum atomic E-state index is 0.0460. The molecule has 1 saturated heterocycles. The molecule has 0 aromatic carbocycles. The molecule has 1 fully saturated rings. The SMILES string of the molecule is CC(C)CN(C(=O)CC1CNCCO1)C(C)C. The summed E-state index contributed by atoms with van der Waals surface area (Å²) in [6, 6.07) is 0.265. The zero-order valence-electron chi connectivity index (χ0n) is 11.5. The first-order valence-corrected chi connectivity index (χ1v) is 6.62. The predicted molar refractivity (Wildman–Crippen MR) is 68.9 cm³/mol. The number of nitrogens with one attached hydrogen (secondary N) is 1. The summed E-state index contributed by atoms with van der Waals surface area (Å²) in [6.45, 7) is 11.6. The van der Waals surface area contributed by atoms with E-state index in [1.807, 2.05) is 4.90 Å². The van der Waals surface area contributed by atoms with Crippen molar-refractivity contribution in [3.63, 3.8) is 0 Å². The number of carbonyl (C=O) groups excluding carboxylic acids is 1. The van der Waals surface area contributed by atoms with Crippen molar-refractivity contribution in [2.45, 2.75) is 46.3 Å². The van der Waals surface area contributed by atoms with Crippen LogP contribution in [0.1, 0.15) is 34.1 Å². The zero-order valence-corrected chi connectivity index (χ0v) is 11.5. The largest absolute Gasteiger partial charge is 0.375 e. The highest BCUT2D eigenvalue weighted by Gasteiger charge is 2.23. The standard InChI is InChI=1S/C13H26N2O2/c1-10(2)9-15(11(3)4)13(16)7-12-8-14-5-6-17-12/h10-12,14H,5-9H2,1-4H3. The summed E-state index contributed by atoms with van der Waals surface area (Å²) < 4.78 is 5.57. The molecule has 17 heavy (non-hydrogen) atoms. The van der Waals surface area contributed by atoms with Gasteiger partial charge in [-0.2, -0.15) is 0 Å². The molecule has 0 aromatic heterocycles. The molecule has 1 rings (SSSR count). The molecule has 0 saturated carbocycles. The topological polar surface area (TPSA) is 41.6 Å². The first kappa shape index (κ1) is 14.5. The van der Waals surface area contributed by atoms with Crippen LogP contribution < -0.4 is 5.32 Å². The number of hydrogen-bond acceptors (Lipinski definition) is 3. The third-order valence-corrected chi connectivity index (χ3v) is 2.91. The Morgan fingerprint density at radius 1 is 1.41 bits per heavy atom. The van der Waals surface area contributed by atoms with Gasteiger partial charge in [0.25, 0.3) is 0 Å². The molecule has 0 spiro atoms. The first-order valence-electron chi connectivity index (χ1n) is 6.62. The lowest BCUT2D eigenvalue weighted by Gasteiger charge is -2.31. The molecule has 1 amide bonds. The molecule has 1 heterocycles. The number of carbonyl (C=O) groups is 1. The van der Waals surface area contributed by atoms with E-state index in [1.54, 1.807) is 0 Å². The van der Waals surface area contributed by atoms with Crippen LogP contribution in [0, 0.1) is 5.92 Å². The molecule has 0 aromatic rings. The van der Waals surface area contributed by atoms with Crippen LogP contribution in [0.25, 0.3) is 0 Å². The molecule has 1 aliphatic rings. The Morgan fingerprint density at radius 2 is 2.12 bits per heavy atom. The third kappa shape index (κ3) is 5.04. The number of morpholine rings is 1. The highest BCUT2D eigenvalue weighted by molar-refractivity contribution is 5.77. The van der Waals surface area contributed by atoms with E-state index in [1.165, 1.54) is 0 Å². The molecule has 0 radical (unpaired) electrons. The molecule has 0 aliphatic carbocycles. The Kier molecular flexibility index (Phi) is 5.92. The van der Waals surface area contributed by atoms with Gasteiger partial charge in [0, 0.05) is 25.7 Å². The van der Waals surface area contributed by atoms with Gasteiger partial charge >= 0.3 is 0 Å². The maximum atomic E-state index is 12.2. The Balaban J connectivity index is 2.46. The lowest BCUT2D eigenvalue weighted by molar-refractivity contribution is -0.137. The fourth-order valence-corrected chi connectivity index (χ4v) is 2.06. The number of ether oxygens (including phenoxy) is 1. The van der Waals surface area contributed by atoms with Gasteiger partial charge in [0.2, 0.25) is 5.91 Å². The van der Waals surface area contributed by atoms with Crippen LogP contribution in [-0.2, 0) is 9.53 Å². The third-order valence-electron chi connectivity index (χ3n) is 2.91. The monoisotopic (exact) mass is 242 g/mol. The average molecular weight is 242 g/mol. The fraction of sp³-hybridized carbons (Fsp3) is 0.923. The van der Waals surface area contributed by atoms with E-state index in [0.717, 1.165) is 19.6 Å². The molecule has 4 nitrogen and oxygen atoms in total. The van der Waals surface area contributed by atoms with E-state index in [9.17, 15) is 4.79 Å². The molecular formula is C13H26N2O2. The van der Waals surface area contributed by atoms with Crippen molar-refractivity contribution in [3.8, 4) is 0 Å². The van der Waals surface area contributed by atoms with Crippen molar-refractivity contribution < 1.29 is 9.53 Å². The second-order valence-corrected chi connectivity index (χ2v) is 5.43. The second-order valence-electron chi connectivity index (χ2n) is 5.43. The van der Waals surface area contributed by atoms with E-state index in [0.29, 0.717) is 18.9 Å². The van der Waals surface area contributed by atoms with Crippen molar-refractivity contribution in [2.24, 2.45) is 5.92 Å². The van der Waals surface area contributed by atoms with Crippen molar-refractivity contribution >= 4 is 5.91 Å². The smallest absolute Gasteiger partial charge is 0.225 e. The summed E-state index contributed by atoms with van der Waals surface area (Å²) in [4.78, 5) is 14.2. The van der Waals surface area contributed by atoms with E-state index < -0.39 is 0 Å². The minimum absolute atomic E-state index is 0.0460. The van der Waals surface area contributed by atoms with E-state index >= 15 is 0 Å². The van der Waals surface area contributed by atoms with Gasteiger partial charge < -0.3 is 15.0 Å². The maximum absolute atomic E-state index is 12.2. The van der Waals surface area contributed by atoms with Crippen LogP contribution in [0.3, 0.4) is 0 Å². The number of amides is 1. The Hall–Kier alpha value is -0.610. The van der Waals surface area contributed by atoms with Crippen LogP contribution in [-0.4, -0.2) is 49.2 Å². The van der Waals surface area contributed by atoms with Gasteiger partial charge in [-0.15, -0.1) is 0 Å². The zero-order chi connectivity index (χ0) is 12.8. The molecule has 100 valence electrons. The summed E-state index contributed by atoms with van der Waals surface area (Å²) in [7, 11) is 0. The predicted octanol–water partition coefficient (Wildman–Crippen LogP) is 1.26. The van der Waals surface area contributed by atoms with Crippen molar-refractivity contribution in [1.82, 2.24) is 10.2 Å². The molecule has 1 atom stereocenters. The van der Waals surface area contributed by atoms with Gasteiger partial charge in [-0.05, 0) is 19.8 Å². The highest BCUT2D eigenvalue weighted by atomic mass is 16.5. The van der Waals surface area contributed by atoms with E-state index in [-0.39, 0.29) is 18.1 Å². The van der Waals surface area contributed by atoms with Gasteiger partial charge in [-0.3, -0.25) is 4.79 Å². The summed E-state index contributed by atoms with van der Waals surface area (Å²) in [6.07, 6.45) is 0.544.